The molecule has 0 bridgehead atoms. The van der Waals surface area contributed by atoms with Crippen LogP contribution in [0.4, 0.5) is 23.7 Å². The van der Waals surface area contributed by atoms with E-state index in [9.17, 15) is 18.0 Å². The van der Waals surface area contributed by atoms with Crippen LogP contribution in [0.3, 0.4) is 0 Å². The molecule has 0 saturated heterocycles. The average Bonchev–Trinajstić information content (AvgIpc) is 2.55. The molecule has 0 radical (unpaired) electrons. The van der Waals surface area contributed by atoms with Crippen molar-refractivity contribution >= 4 is 11.7 Å². The second-order valence-electron chi connectivity index (χ2n) is 5.37. The minimum absolute atomic E-state index is 0.244. The molecule has 24 heavy (non-hydrogen) atoms. The van der Waals surface area contributed by atoms with Gasteiger partial charge in [0.05, 0.1) is 11.3 Å². The van der Waals surface area contributed by atoms with Crippen LogP contribution in [0.15, 0.2) is 54.6 Å². The third-order valence-corrected chi connectivity index (χ3v) is 3.50. The number of carbonyl (C=O) groups excluding carboxylic acids is 1. The Morgan fingerprint density at radius 1 is 0.917 bits per heavy atom. The van der Waals surface area contributed by atoms with Crippen LogP contribution in [-0.4, -0.2) is 12.6 Å². The normalized spacial score (nSPS) is 11.1. The summed E-state index contributed by atoms with van der Waals surface area (Å²) in [5.41, 5.74) is 0.122. The third-order valence-electron chi connectivity index (χ3n) is 3.50. The van der Waals surface area contributed by atoms with E-state index in [1.54, 1.807) is 0 Å². The highest BCUT2D eigenvalue weighted by Gasteiger charge is 2.33. The SMILES string of the molecule is O=C(NCCCCc1ccccc1)Nc1ccccc1C(F)(F)F. The van der Waals surface area contributed by atoms with E-state index in [1.807, 2.05) is 30.3 Å². The predicted molar refractivity (Wildman–Crippen MR) is 87.8 cm³/mol. The monoisotopic (exact) mass is 336 g/mol. The molecule has 2 aromatic rings. The van der Waals surface area contributed by atoms with E-state index >= 15 is 0 Å². The smallest absolute Gasteiger partial charge is 0.338 e. The molecule has 2 rings (SSSR count). The summed E-state index contributed by atoms with van der Waals surface area (Å²) >= 11 is 0. The number of rotatable bonds is 6. The highest BCUT2D eigenvalue weighted by molar-refractivity contribution is 5.90. The van der Waals surface area contributed by atoms with Crippen molar-refractivity contribution in [3.05, 3.63) is 65.7 Å². The molecule has 0 saturated carbocycles. The van der Waals surface area contributed by atoms with Crippen molar-refractivity contribution in [1.82, 2.24) is 5.32 Å². The zero-order chi connectivity index (χ0) is 17.4. The largest absolute Gasteiger partial charge is 0.418 e. The lowest BCUT2D eigenvalue weighted by Crippen LogP contribution is -2.30. The van der Waals surface area contributed by atoms with E-state index in [4.69, 9.17) is 0 Å². The summed E-state index contributed by atoms with van der Waals surface area (Å²) in [7, 11) is 0. The first-order valence-corrected chi connectivity index (χ1v) is 7.72. The van der Waals surface area contributed by atoms with Crippen LogP contribution < -0.4 is 10.6 Å². The van der Waals surface area contributed by atoms with Crippen LogP contribution in [0.2, 0.25) is 0 Å². The molecule has 0 aliphatic carbocycles. The summed E-state index contributed by atoms with van der Waals surface area (Å²) in [5.74, 6) is 0. The standard InChI is InChI=1S/C18H19F3N2O/c19-18(20,21)15-11-4-5-12-16(15)23-17(24)22-13-7-6-10-14-8-2-1-3-9-14/h1-5,8-9,11-12H,6-7,10,13H2,(H2,22,23,24). The lowest BCUT2D eigenvalue weighted by Gasteiger charge is -2.14. The van der Waals surface area contributed by atoms with Crippen molar-refractivity contribution in [2.45, 2.75) is 25.4 Å². The van der Waals surface area contributed by atoms with Gasteiger partial charge in [-0.2, -0.15) is 13.2 Å². The Kier molecular flexibility index (Phi) is 6.23. The number of hydrogen-bond donors (Lipinski definition) is 2. The number of halogens is 3. The van der Waals surface area contributed by atoms with Crippen LogP contribution in [0, 0.1) is 0 Å². The van der Waals surface area contributed by atoms with Gasteiger partial charge >= 0.3 is 12.2 Å². The maximum absolute atomic E-state index is 12.8. The third kappa shape index (κ3) is 5.61. The predicted octanol–water partition coefficient (Wildman–Crippen LogP) is 4.85. The van der Waals surface area contributed by atoms with Crippen molar-refractivity contribution in [3.63, 3.8) is 0 Å². The molecule has 6 heteroatoms. The Labute approximate surface area is 138 Å². The number of amides is 2. The summed E-state index contributed by atoms with van der Waals surface area (Å²) in [5, 5.41) is 4.83. The summed E-state index contributed by atoms with van der Waals surface area (Å²) in [6, 6.07) is 14.2. The first kappa shape index (κ1) is 17.8. The zero-order valence-electron chi connectivity index (χ0n) is 13.1. The number of hydrogen-bond acceptors (Lipinski definition) is 1. The minimum Gasteiger partial charge on any atom is -0.338 e. The summed E-state index contributed by atoms with van der Waals surface area (Å²) < 4.78 is 38.5. The molecule has 2 N–H and O–H groups in total. The molecule has 0 unspecified atom stereocenters. The number of carbonyl (C=O) groups is 1. The highest BCUT2D eigenvalue weighted by atomic mass is 19.4. The van der Waals surface area contributed by atoms with E-state index in [1.165, 1.54) is 23.8 Å². The number of anilines is 1. The maximum atomic E-state index is 12.8. The van der Waals surface area contributed by atoms with Crippen molar-refractivity contribution in [3.8, 4) is 0 Å². The van der Waals surface area contributed by atoms with Gasteiger partial charge in [0, 0.05) is 6.54 Å². The van der Waals surface area contributed by atoms with Gasteiger partial charge in [-0.3, -0.25) is 0 Å². The van der Waals surface area contributed by atoms with Crippen LogP contribution in [0.25, 0.3) is 0 Å². The number of aryl methyl sites for hydroxylation is 1. The first-order valence-electron chi connectivity index (χ1n) is 7.72. The molecule has 0 aliphatic rings. The van der Waals surface area contributed by atoms with E-state index < -0.39 is 17.8 Å². The van der Waals surface area contributed by atoms with Gasteiger partial charge in [0.25, 0.3) is 0 Å². The molecular weight excluding hydrogens is 317 g/mol. The van der Waals surface area contributed by atoms with Gasteiger partial charge in [-0.15, -0.1) is 0 Å². The van der Waals surface area contributed by atoms with Gasteiger partial charge in [-0.05, 0) is 37.0 Å². The van der Waals surface area contributed by atoms with Gasteiger partial charge in [-0.1, -0.05) is 42.5 Å². The fraction of sp³-hybridized carbons (Fsp3) is 0.278. The minimum atomic E-state index is -4.50. The Hall–Kier alpha value is -2.50. The van der Waals surface area contributed by atoms with Crippen LogP contribution >= 0.6 is 0 Å². The molecule has 0 aromatic heterocycles. The van der Waals surface area contributed by atoms with E-state index in [2.05, 4.69) is 10.6 Å². The van der Waals surface area contributed by atoms with Gasteiger partial charge in [0.1, 0.15) is 0 Å². The number of alkyl halides is 3. The van der Waals surface area contributed by atoms with E-state index in [0.717, 1.165) is 25.3 Å². The van der Waals surface area contributed by atoms with Gasteiger partial charge < -0.3 is 10.6 Å². The molecule has 0 aliphatic heterocycles. The quantitative estimate of drug-likeness (QED) is 0.728. The molecule has 128 valence electrons. The lowest BCUT2D eigenvalue weighted by atomic mass is 10.1. The molecule has 0 atom stereocenters. The van der Waals surface area contributed by atoms with Crippen LogP contribution in [0.5, 0.6) is 0 Å². The Morgan fingerprint density at radius 3 is 2.29 bits per heavy atom. The van der Waals surface area contributed by atoms with Gasteiger partial charge in [0.15, 0.2) is 0 Å². The number of benzene rings is 2. The Morgan fingerprint density at radius 2 is 1.58 bits per heavy atom. The average molecular weight is 336 g/mol. The lowest BCUT2D eigenvalue weighted by molar-refractivity contribution is -0.136. The van der Waals surface area contributed by atoms with Crippen molar-refractivity contribution < 1.29 is 18.0 Å². The van der Waals surface area contributed by atoms with Gasteiger partial charge in [-0.25, -0.2) is 4.79 Å². The summed E-state index contributed by atoms with van der Waals surface area (Å²) in [6.07, 6.45) is -1.95. The number of urea groups is 1. The molecule has 3 nitrogen and oxygen atoms in total. The molecule has 0 fully saturated rings. The maximum Gasteiger partial charge on any atom is 0.418 e. The van der Waals surface area contributed by atoms with E-state index in [-0.39, 0.29) is 5.69 Å². The molecule has 2 amide bonds. The fourth-order valence-corrected chi connectivity index (χ4v) is 2.31. The number of para-hydroxylation sites is 1. The second-order valence-corrected chi connectivity index (χ2v) is 5.37. The highest BCUT2D eigenvalue weighted by Crippen LogP contribution is 2.34. The summed E-state index contributed by atoms with van der Waals surface area (Å²) in [4.78, 5) is 11.7. The van der Waals surface area contributed by atoms with Crippen molar-refractivity contribution in [2.24, 2.45) is 0 Å². The molecule has 0 heterocycles. The molecule has 2 aromatic carbocycles. The topological polar surface area (TPSA) is 41.1 Å². The fourth-order valence-electron chi connectivity index (χ4n) is 2.31. The Balaban J connectivity index is 1.74. The molecule has 0 spiro atoms. The van der Waals surface area contributed by atoms with Crippen LogP contribution in [0.1, 0.15) is 24.0 Å². The van der Waals surface area contributed by atoms with Crippen molar-refractivity contribution in [2.75, 3.05) is 11.9 Å². The van der Waals surface area contributed by atoms with Crippen LogP contribution in [-0.2, 0) is 12.6 Å². The first-order chi connectivity index (χ1) is 11.5. The Bertz CT molecular complexity index is 657. The number of nitrogens with one attached hydrogen (secondary N) is 2. The van der Waals surface area contributed by atoms with E-state index in [0.29, 0.717) is 6.54 Å². The molecular formula is C18H19F3N2O. The second kappa shape index (κ2) is 8.38. The summed E-state index contributed by atoms with van der Waals surface area (Å²) in [6.45, 7) is 0.410. The zero-order valence-corrected chi connectivity index (χ0v) is 13.1. The number of unbranched alkanes of at least 4 members (excludes halogenated alkanes) is 1. The van der Waals surface area contributed by atoms with Crippen molar-refractivity contribution in [1.29, 1.82) is 0 Å². The van der Waals surface area contributed by atoms with Gasteiger partial charge in [0.2, 0.25) is 0 Å².